The number of fused-ring (bicyclic) bond motifs is 2. The standard InChI is InChI=1S/C13H11NOS3/c1-8(15)14-10-5-6-17-13(10)18-12-4-3-9(16-2)7-11(12)14/h3-7H,1-2H3. The number of carbonyl (C=O) groups is 1. The van der Waals surface area contributed by atoms with Gasteiger partial charge in [0.15, 0.2) is 0 Å². The number of hydrogen-bond donors (Lipinski definition) is 0. The minimum absolute atomic E-state index is 0.0643. The van der Waals surface area contributed by atoms with E-state index in [-0.39, 0.29) is 5.91 Å². The molecule has 1 aliphatic rings. The van der Waals surface area contributed by atoms with E-state index in [1.54, 1.807) is 41.8 Å². The molecule has 1 aromatic heterocycles. The van der Waals surface area contributed by atoms with E-state index in [0.717, 1.165) is 16.3 Å². The molecule has 0 fully saturated rings. The lowest BCUT2D eigenvalue weighted by molar-refractivity contribution is -0.115. The highest BCUT2D eigenvalue weighted by Crippen LogP contribution is 2.51. The number of hydrogen-bond acceptors (Lipinski definition) is 4. The van der Waals surface area contributed by atoms with Crippen LogP contribution in [0.3, 0.4) is 0 Å². The third-order valence-corrected chi connectivity index (χ3v) is 5.69. The van der Waals surface area contributed by atoms with Crippen molar-refractivity contribution in [2.24, 2.45) is 0 Å². The molecule has 1 amide bonds. The highest BCUT2D eigenvalue weighted by molar-refractivity contribution is 8.01. The van der Waals surface area contributed by atoms with Crippen molar-refractivity contribution in [2.75, 3.05) is 11.2 Å². The normalized spacial score (nSPS) is 13.1. The van der Waals surface area contributed by atoms with Crippen LogP contribution in [-0.4, -0.2) is 12.2 Å². The van der Waals surface area contributed by atoms with Gasteiger partial charge in [0.2, 0.25) is 5.91 Å². The second-order valence-electron chi connectivity index (χ2n) is 3.88. The van der Waals surface area contributed by atoms with Gasteiger partial charge in [-0.25, -0.2) is 0 Å². The summed E-state index contributed by atoms with van der Waals surface area (Å²) in [6.45, 7) is 1.62. The molecule has 3 rings (SSSR count). The first-order valence-electron chi connectivity index (χ1n) is 5.45. The molecular weight excluding hydrogens is 282 g/mol. The van der Waals surface area contributed by atoms with Crippen LogP contribution >= 0.6 is 34.9 Å². The molecule has 2 nitrogen and oxygen atoms in total. The molecule has 0 saturated carbocycles. The van der Waals surface area contributed by atoms with Crippen molar-refractivity contribution in [1.82, 2.24) is 0 Å². The molecule has 2 heterocycles. The Bertz CT molecular complexity index is 620. The number of amides is 1. The van der Waals surface area contributed by atoms with Crippen molar-refractivity contribution in [3.63, 3.8) is 0 Å². The van der Waals surface area contributed by atoms with Crippen LogP contribution in [0.15, 0.2) is 43.6 Å². The van der Waals surface area contributed by atoms with Crippen LogP contribution in [0.5, 0.6) is 0 Å². The Morgan fingerprint density at radius 3 is 2.83 bits per heavy atom. The summed E-state index contributed by atoms with van der Waals surface area (Å²) in [6, 6.07) is 8.32. The zero-order valence-electron chi connectivity index (χ0n) is 9.97. The number of thiophene rings is 1. The highest BCUT2D eigenvalue weighted by atomic mass is 32.2. The molecule has 0 saturated heterocycles. The topological polar surface area (TPSA) is 20.3 Å². The lowest BCUT2D eigenvalue weighted by Gasteiger charge is -2.28. The fourth-order valence-electron chi connectivity index (χ4n) is 1.98. The van der Waals surface area contributed by atoms with Gasteiger partial charge in [-0.3, -0.25) is 9.69 Å². The summed E-state index contributed by atoms with van der Waals surface area (Å²) in [5.74, 6) is 0.0643. The maximum Gasteiger partial charge on any atom is 0.228 e. The number of benzene rings is 1. The number of rotatable bonds is 1. The van der Waals surface area contributed by atoms with E-state index in [0.29, 0.717) is 0 Å². The monoisotopic (exact) mass is 293 g/mol. The van der Waals surface area contributed by atoms with Crippen molar-refractivity contribution in [3.8, 4) is 0 Å². The lowest BCUT2D eigenvalue weighted by Crippen LogP contribution is -2.24. The first-order valence-corrected chi connectivity index (χ1v) is 8.37. The zero-order valence-corrected chi connectivity index (χ0v) is 12.4. The summed E-state index contributed by atoms with van der Waals surface area (Å²) in [6.07, 6.45) is 2.05. The molecule has 1 aliphatic heterocycles. The minimum Gasteiger partial charge on any atom is -0.278 e. The lowest BCUT2D eigenvalue weighted by atomic mass is 10.2. The average molecular weight is 293 g/mol. The van der Waals surface area contributed by atoms with Gasteiger partial charge in [0.25, 0.3) is 0 Å². The second-order valence-corrected chi connectivity index (χ2v) is 6.99. The molecule has 5 heteroatoms. The molecule has 0 radical (unpaired) electrons. The van der Waals surface area contributed by atoms with Crippen LogP contribution < -0.4 is 4.90 Å². The van der Waals surface area contributed by atoms with E-state index < -0.39 is 0 Å². The zero-order chi connectivity index (χ0) is 12.7. The van der Waals surface area contributed by atoms with Crippen LogP contribution in [0.25, 0.3) is 0 Å². The summed E-state index contributed by atoms with van der Waals surface area (Å²) in [5, 5.41) is 2.04. The number of thioether (sulfide) groups is 1. The Balaban J connectivity index is 2.19. The minimum atomic E-state index is 0.0643. The van der Waals surface area contributed by atoms with E-state index in [9.17, 15) is 4.79 Å². The maximum absolute atomic E-state index is 11.9. The molecule has 1 aromatic carbocycles. The van der Waals surface area contributed by atoms with E-state index in [4.69, 9.17) is 0 Å². The van der Waals surface area contributed by atoms with Crippen molar-refractivity contribution < 1.29 is 4.79 Å². The third-order valence-electron chi connectivity index (χ3n) is 2.78. The van der Waals surface area contributed by atoms with Gasteiger partial charge in [0.1, 0.15) is 0 Å². The summed E-state index contributed by atoms with van der Waals surface area (Å²) < 4.78 is 1.19. The molecule has 0 unspecified atom stereocenters. The predicted molar refractivity (Wildman–Crippen MR) is 79.5 cm³/mol. The van der Waals surface area contributed by atoms with Crippen molar-refractivity contribution >= 4 is 52.1 Å². The van der Waals surface area contributed by atoms with Gasteiger partial charge < -0.3 is 0 Å². The van der Waals surface area contributed by atoms with E-state index in [1.807, 2.05) is 22.6 Å². The third kappa shape index (κ3) is 1.86. The Morgan fingerprint density at radius 1 is 1.28 bits per heavy atom. The largest absolute Gasteiger partial charge is 0.278 e. The molecule has 0 aliphatic carbocycles. The highest BCUT2D eigenvalue weighted by Gasteiger charge is 2.27. The Morgan fingerprint density at radius 2 is 2.11 bits per heavy atom. The average Bonchev–Trinajstić information content (AvgIpc) is 2.82. The summed E-state index contributed by atoms with van der Waals surface area (Å²) in [5.41, 5.74) is 2.02. The predicted octanol–water partition coefficient (Wildman–Crippen LogP) is 4.62. The first-order chi connectivity index (χ1) is 8.70. The van der Waals surface area contributed by atoms with Crippen molar-refractivity contribution in [1.29, 1.82) is 0 Å². The van der Waals surface area contributed by atoms with Gasteiger partial charge in [-0.05, 0) is 35.9 Å². The van der Waals surface area contributed by atoms with Gasteiger partial charge in [0, 0.05) is 16.7 Å². The molecule has 92 valence electrons. The Kier molecular flexibility index (Phi) is 3.13. The fourth-order valence-corrected chi connectivity index (χ4v) is 4.50. The summed E-state index contributed by atoms with van der Waals surface area (Å²) >= 11 is 5.12. The van der Waals surface area contributed by atoms with Gasteiger partial charge >= 0.3 is 0 Å². The van der Waals surface area contributed by atoms with E-state index in [2.05, 4.69) is 18.2 Å². The van der Waals surface area contributed by atoms with E-state index in [1.165, 1.54) is 9.10 Å². The van der Waals surface area contributed by atoms with Crippen molar-refractivity contribution in [2.45, 2.75) is 20.9 Å². The Hall–Kier alpha value is -0.910. The summed E-state index contributed by atoms with van der Waals surface area (Å²) in [7, 11) is 0. The molecule has 2 aromatic rings. The van der Waals surface area contributed by atoms with Crippen LogP contribution in [0, 0.1) is 0 Å². The molecule has 0 bridgehead atoms. The van der Waals surface area contributed by atoms with Crippen LogP contribution in [0.1, 0.15) is 6.92 Å². The number of carbonyl (C=O) groups excluding carboxylic acids is 1. The van der Waals surface area contributed by atoms with Gasteiger partial charge in [-0.2, -0.15) is 0 Å². The second kappa shape index (κ2) is 4.64. The SMILES string of the molecule is CSc1ccc2c(c1)N(C(C)=O)c1ccsc1S2. The number of anilines is 2. The molecule has 0 atom stereocenters. The van der Waals surface area contributed by atoms with Crippen molar-refractivity contribution in [3.05, 3.63) is 29.6 Å². The molecule has 0 spiro atoms. The van der Waals surface area contributed by atoms with Crippen LogP contribution in [-0.2, 0) is 4.79 Å². The smallest absolute Gasteiger partial charge is 0.228 e. The summed E-state index contributed by atoms with van der Waals surface area (Å²) in [4.78, 5) is 16.1. The van der Waals surface area contributed by atoms with Crippen LogP contribution in [0.4, 0.5) is 11.4 Å². The molecular formula is C13H11NOS3. The first kappa shape index (κ1) is 12.1. The fraction of sp³-hybridized carbons (Fsp3) is 0.154. The van der Waals surface area contributed by atoms with E-state index >= 15 is 0 Å². The van der Waals surface area contributed by atoms with Crippen LogP contribution in [0.2, 0.25) is 0 Å². The van der Waals surface area contributed by atoms with Gasteiger partial charge in [-0.1, -0.05) is 11.8 Å². The van der Waals surface area contributed by atoms with Gasteiger partial charge in [-0.15, -0.1) is 23.1 Å². The number of nitrogens with zero attached hydrogens (tertiary/aromatic N) is 1. The van der Waals surface area contributed by atoms with Gasteiger partial charge in [0.05, 0.1) is 15.6 Å². The molecule has 18 heavy (non-hydrogen) atoms. The Labute approximate surface area is 118 Å². The maximum atomic E-state index is 11.9. The quantitative estimate of drug-likeness (QED) is 0.716. The molecule has 0 N–H and O–H groups in total.